The van der Waals surface area contributed by atoms with Gasteiger partial charge < -0.3 is 10.4 Å². The maximum absolute atomic E-state index is 12.5. The largest absolute Gasteiger partial charge is 0.481 e. The Bertz CT molecular complexity index is 892. The molecule has 0 bridgehead atoms. The number of rotatable bonds is 7. The van der Waals surface area contributed by atoms with Gasteiger partial charge in [-0.05, 0) is 44.4 Å². The SMILES string of the molecule is Cc1cccc(CC(CNC(=O)c2cc([N+](=O)[O-])c(C)cc2C)C(=O)O)c1. The van der Waals surface area contributed by atoms with Crippen LogP contribution in [0.15, 0.2) is 36.4 Å². The van der Waals surface area contributed by atoms with Crippen LogP contribution in [-0.2, 0) is 11.2 Å². The van der Waals surface area contributed by atoms with Crippen LogP contribution in [0, 0.1) is 36.8 Å². The third kappa shape index (κ3) is 5.13. The molecule has 0 aliphatic rings. The lowest BCUT2D eigenvalue weighted by molar-refractivity contribution is -0.385. The van der Waals surface area contributed by atoms with Crippen molar-refractivity contribution < 1.29 is 19.6 Å². The van der Waals surface area contributed by atoms with Gasteiger partial charge in [0.05, 0.1) is 10.8 Å². The summed E-state index contributed by atoms with van der Waals surface area (Å²) in [5.74, 6) is -2.33. The number of carboxylic acid groups (broad SMARTS) is 1. The molecule has 27 heavy (non-hydrogen) atoms. The smallest absolute Gasteiger partial charge is 0.308 e. The fourth-order valence-corrected chi connectivity index (χ4v) is 2.96. The Hall–Kier alpha value is -3.22. The van der Waals surface area contributed by atoms with Crippen LogP contribution >= 0.6 is 0 Å². The first-order chi connectivity index (χ1) is 12.7. The van der Waals surface area contributed by atoms with Crippen molar-refractivity contribution in [2.24, 2.45) is 5.92 Å². The molecule has 142 valence electrons. The van der Waals surface area contributed by atoms with Crippen molar-refractivity contribution in [1.29, 1.82) is 0 Å². The molecule has 2 N–H and O–H groups in total. The lowest BCUT2D eigenvalue weighted by Crippen LogP contribution is -2.34. The number of nitro benzene ring substituents is 1. The number of aliphatic carboxylic acids is 1. The molecule has 0 aliphatic carbocycles. The summed E-state index contributed by atoms with van der Waals surface area (Å²) < 4.78 is 0. The quantitative estimate of drug-likeness (QED) is 0.574. The molecule has 0 saturated heterocycles. The van der Waals surface area contributed by atoms with Gasteiger partial charge in [-0.15, -0.1) is 0 Å². The molecule has 2 rings (SSSR count). The highest BCUT2D eigenvalue weighted by atomic mass is 16.6. The minimum atomic E-state index is -1.01. The second kappa shape index (κ2) is 8.44. The summed E-state index contributed by atoms with van der Waals surface area (Å²) in [6.07, 6.45) is 0.282. The first-order valence-electron chi connectivity index (χ1n) is 8.51. The summed E-state index contributed by atoms with van der Waals surface area (Å²) in [7, 11) is 0. The molecule has 0 radical (unpaired) electrons. The van der Waals surface area contributed by atoms with E-state index in [1.54, 1.807) is 19.9 Å². The number of benzene rings is 2. The maximum Gasteiger partial charge on any atom is 0.308 e. The molecule has 1 unspecified atom stereocenters. The van der Waals surface area contributed by atoms with Crippen molar-refractivity contribution in [3.63, 3.8) is 0 Å². The highest BCUT2D eigenvalue weighted by Gasteiger charge is 2.22. The Kier molecular flexibility index (Phi) is 6.28. The standard InChI is InChI=1S/C20H22N2O5/c1-12-5-4-6-15(7-12)9-16(20(24)25)11-21-19(23)17-10-18(22(26)27)14(3)8-13(17)2/h4-8,10,16H,9,11H2,1-3H3,(H,21,23)(H,24,25). The number of amides is 1. The molecular formula is C20H22N2O5. The third-order valence-corrected chi connectivity index (χ3v) is 4.41. The zero-order chi connectivity index (χ0) is 20.1. The number of carbonyl (C=O) groups is 2. The van der Waals surface area contributed by atoms with Crippen LogP contribution in [0.5, 0.6) is 0 Å². The number of hydrogen-bond acceptors (Lipinski definition) is 4. The van der Waals surface area contributed by atoms with E-state index in [0.29, 0.717) is 11.1 Å². The van der Waals surface area contributed by atoms with E-state index < -0.39 is 22.7 Å². The van der Waals surface area contributed by atoms with E-state index in [-0.39, 0.29) is 24.2 Å². The Morgan fingerprint density at radius 3 is 2.44 bits per heavy atom. The number of nitrogens with zero attached hydrogens (tertiary/aromatic N) is 1. The van der Waals surface area contributed by atoms with Gasteiger partial charge >= 0.3 is 5.97 Å². The predicted molar refractivity (Wildman–Crippen MR) is 101 cm³/mol. The van der Waals surface area contributed by atoms with Crippen LogP contribution < -0.4 is 5.32 Å². The Balaban J connectivity index is 2.13. The van der Waals surface area contributed by atoms with Gasteiger partial charge in [0.25, 0.3) is 11.6 Å². The van der Waals surface area contributed by atoms with E-state index in [0.717, 1.165) is 11.1 Å². The van der Waals surface area contributed by atoms with E-state index in [9.17, 15) is 24.8 Å². The van der Waals surface area contributed by atoms with Crippen molar-refractivity contribution >= 4 is 17.6 Å². The van der Waals surface area contributed by atoms with Crippen LogP contribution in [-0.4, -0.2) is 28.5 Å². The molecule has 0 saturated carbocycles. The first-order valence-corrected chi connectivity index (χ1v) is 8.51. The van der Waals surface area contributed by atoms with Crippen LogP contribution in [0.4, 0.5) is 5.69 Å². The van der Waals surface area contributed by atoms with E-state index >= 15 is 0 Å². The zero-order valence-corrected chi connectivity index (χ0v) is 15.5. The molecule has 0 aromatic heterocycles. The monoisotopic (exact) mass is 370 g/mol. The Morgan fingerprint density at radius 1 is 1.15 bits per heavy atom. The third-order valence-electron chi connectivity index (χ3n) is 4.41. The minimum Gasteiger partial charge on any atom is -0.481 e. The van der Waals surface area contributed by atoms with Gasteiger partial charge in [0, 0.05) is 23.7 Å². The minimum absolute atomic E-state index is 0.0662. The summed E-state index contributed by atoms with van der Waals surface area (Å²) in [5.41, 5.74) is 3.01. The second-order valence-corrected chi connectivity index (χ2v) is 6.65. The number of carbonyl (C=O) groups excluding carboxylic acids is 1. The first kappa shape index (κ1) is 20.1. The number of aryl methyl sites for hydroxylation is 3. The maximum atomic E-state index is 12.5. The van der Waals surface area contributed by atoms with Crippen LogP contribution in [0.2, 0.25) is 0 Å². The molecule has 2 aromatic rings. The fourth-order valence-electron chi connectivity index (χ4n) is 2.96. The summed E-state index contributed by atoms with van der Waals surface area (Å²) in [5, 5.41) is 23.1. The summed E-state index contributed by atoms with van der Waals surface area (Å²) >= 11 is 0. The van der Waals surface area contributed by atoms with E-state index in [4.69, 9.17) is 0 Å². The highest BCUT2D eigenvalue weighted by molar-refractivity contribution is 5.96. The van der Waals surface area contributed by atoms with Crippen LogP contribution in [0.25, 0.3) is 0 Å². The molecule has 0 heterocycles. The second-order valence-electron chi connectivity index (χ2n) is 6.65. The Labute approximate surface area is 157 Å². The lowest BCUT2D eigenvalue weighted by Gasteiger charge is -2.15. The average molecular weight is 370 g/mol. The van der Waals surface area contributed by atoms with Gasteiger partial charge in [0.2, 0.25) is 0 Å². The normalized spacial score (nSPS) is 11.7. The molecule has 0 fully saturated rings. The van der Waals surface area contributed by atoms with Gasteiger partial charge in [-0.2, -0.15) is 0 Å². The number of hydrogen-bond donors (Lipinski definition) is 2. The zero-order valence-electron chi connectivity index (χ0n) is 15.5. The summed E-state index contributed by atoms with van der Waals surface area (Å²) in [6, 6.07) is 10.3. The molecule has 2 aromatic carbocycles. The number of carboxylic acids is 1. The number of nitro groups is 1. The van der Waals surface area contributed by atoms with Gasteiger partial charge in [-0.25, -0.2) is 0 Å². The van der Waals surface area contributed by atoms with Gasteiger partial charge in [0.1, 0.15) is 0 Å². The van der Waals surface area contributed by atoms with Crippen molar-refractivity contribution in [3.05, 3.63) is 74.3 Å². The summed E-state index contributed by atoms with van der Waals surface area (Å²) in [4.78, 5) is 34.6. The molecule has 7 nitrogen and oxygen atoms in total. The molecular weight excluding hydrogens is 348 g/mol. The van der Waals surface area contributed by atoms with Crippen LogP contribution in [0.3, 0.4) is 0 Å². The Morgan fingerprint density at radius 2 is 1.85 bits per heavy atom. The van der Waals surface area contributed by atoms with Gasteiger partial charge in [-0.3, -0.25) is 19.7 Å². The van der Waals surface area contributed by atoms with Gasteiger partial charge in [-0.1, -0.05) is 29.8 Å². The van der Waals surface area contributed by atoms with Gasteiger partial charge in [0.15, 0.2) is 0 Å². The average Bonchev–Trinajstić information content (AvgIpc) is 2.57. The topological polar surface area (TPSA) is 110 Å². The van der Waals surface area contributed by atoms with Crippen molar-refractivity contribution in [1.82, 2.24) is 5.32 Å². The predicted octanol–water partition coefficient (Wildman–Crippen LogP) is 3.19. The van der Waals surface area contributed by atoms with Crippen molar-refractivity contribution in [2.45, 2.75) is 27.2 Å². The summed E-state index contributed by atoms with van der Waals surface area (Å²) in [6.45, 7) is 5.15. The van der Waals surface area contributed by atoms with Crippen molar-refractivity contribution in [2.75, 3.05) is 6.54 Å². The van der Waals surface area contributed by atoms with Crippen LogP contribution in [0.1, 0.15) is 32.6 Å². The van der Waals surface area contributed by atoms with E-state index in [1.807, 2.05) is 31.2 Å². The molecule has 1 amide bonds. The van der Waals surface area contributed by atoms with Crippen molar-refractivity contribution in [3.8, 4) is 0 Å². The molecule has 1 atom stereocenters. The van der Waals surface area contributed by atoms with E-state index in [2.05, 4.69) is 5.32 Å². The number of nitrogens with one attached hydrogen (secondary N) is 1. The molecule has 0 spiro atoms. The molecule has 7 heteroatoms. The highest BCUT2D eigenvalue weighted by Crippen LogP contribution is 2.22. The fraction of sp³-hybridized carbons (Fsp3) is 0.300. The lowest BCUT2D eigenvalue weighted by atomic mass is 9.97. The molecule has 0 aliphatic heterocycles. The van der Waals surface area contributed by atoms with E-state index in [1.165, 1.54) is 6.07 Å².